The number of Topliss-reactive ketones (excluding diaryl/α,β-unsaturated/α-hetero) is 1. The molecule has 56 valence electrons. The van der Waals surface area contributed by atoms with Crippen molar-refractivity contribution in [1.82, 2.24) is 0 Å². The number of hydrogen-bond donors (Lipinski definition) is 0. The van der Waals surface area contributed by atoms with Gasteiger partial charge in [-0.1, -0.05) is 30.3 Å². The Morgan fingerprint density at radius 3 is 2.45 bits per heavy atom. The monoisotopic (exact) mass is 147 g/mol. The van der Waals surface area contributed by atoms with E-state index in [-0.39, 0.29) is 5.78 Å². The minimum absolute atomic E-state index is 0.00820. The summed E-state index contributed by atoms with van der Waals surface area (Å²) in [5.41, 5.74) is 1.20. The molecule has 0 unspecified atom stereocenters. The molecule has 1 rings (SSSR count). The molecule has 0 aliphatic heterocycles. The Bertz CT molecular complexity index is 226. The van der Waals surface area contributed by atoms with Gasteiger partial charge < -0.3 is 0 Å². The van der Waals surface area contributed by atoms with Crippen LogP contribution in [0.4, 0.5) is 0 Å². The minimum atomic E-state index is 0.00820. The number of ketones is 1. The molecule has 1 nitrogen and oxygen atoms in total. The zero-order valence-corrected chi connectivity index (χ0v) is 6.42. The van der Waals surface area contributed by atoms with Gasteiger partial charge in [0.2, 0.25) is 0 Å². The average Bonchev–Trinajstić information content (AvgIpc) is 2.03. The van der Waals surface area contributed by atoms with Crippen molar-refractivity contribution < 1.29 is 4.79 Å². The summed E-state index contributed by atoms with van der Waals surface area (Å²) in [6.45, 7) is 3.31. The van der Waals surface area contributed by atoms with Crippen molar-refractivity contribution in [2.75, 3.05) is 0 Å². The van der Waals surface area contributed by atoms with Gasteiger partial charge in [0.25, 0.3) is 0 Å². The summed E-state index contributed by atoms with van der Waals surface area (Å²) >= 11 is 0. The SMILES string of the molecule is [CH2+]C(=O)CCc1ccccc1. The topological polar surface area (TPSA) is 17.1 Å². The second-order valence-electron chi connectivity index (χ2n) is 2.52. The molecular weight excluding hydrogens is 136 g/mol. The number of carbonyl (C=O) groups is 1. The summed E-state index contributed by atoms with van der Waals surface area (Å²) in [7, 11) is 0. The third-order valence-electron chi connectivity index (χ3n) is 1.54. The summed E-state index contributed by atoms with van der Waals surface area (Å²) in [5.74, 6) is 0.00820. The summed E-state index contributed by atoms with van der Waals surface area (Å²) in [6.07, 6.45) is 1.35. The summed E-state index contributed by atoms with van der Waals surface area (Å²) in [4.78, 5) is 10.5. The normalized spacial score (nSPS) is 9.45. The summed E-state index contributed by atoms with van der Waals surface area (Å²) in [5, 5.41) is 0. The lowest BCUT2D eigenvalue weighted by molar-refractivity contribution is -0.114. The second kappa shape index (κ2) is 3.81. The van der Waals surface area contributed by atoms with E-state index >= 15 is 0 Å². The third-order valence-corrected chi connectivity index (χ3v) is 1.54. The molecule has 0 fully saturated rings. The van der Waals surface area contributed by atoms with Gasteiger partial charge in [-0.15, -0.1) is 0 Å². The van der Waals surface area contributed by atoms with Crippen molar-refractivity contribution >= 4 is 5.78 Å². The van der Waals surface area contributed by atoms with Gasteiger partial charge in [-0.05, 0) is 12.0 Å². The van der Waals surface area contributed by atoms with E-state index in [1.54, 1.807) is 0 Å². The first-order valence-corrected chi connectivity index (χ1v) is 3.68. The third kappa shape index (κ3) is 2.89. The number of hydrogen-bond acceptors (Lipinski definition) is 1. The quantitative estimate of drug-likeness (QED) is 0.598. The number of carbonyl (C=O) groups excluding carboxylic acids is 1. The molecule has 0 aliphatic carbocycles. The second-order valence-corrected chi connectivity index (χ2v) is 2.52. The Morgan fingerprint density at radius 2 is 1.91 bits per heavy atom. The number of aryl methyl sites for hydroxylation is 1. The molecule has 0 spiro atoms. The lowest BCUT2D eigenvalue weighted by Gasteiger charge is -1.93. The van der Waals surface area contributed by atoms with E-state index in [9.17, 15) is 4.79 Å². The average molecular weight is 147 g/mol. The Labute approximate surface area is 67.1 Å². The van der Waals surface area contributed by atoms with E-state index in [1.807, 2.05) is 30.3 Å². The Hall–Kier alpha value is -1.24. The maximum Gasteiger partial charge on any atom is 0.303 e. The van der Waals surface area contributed by atoms with Crippen LogP contribution in [0.2, 0.25) is 0 Å². The molecule has 0 aliphatic rings. The molecule has 0 radical (unpaired) electrons. The molecule has 1 aromatic rings. The molecule has 1 heteroatoms. The fourth-order valence-electron chi connectivity index (χ4n) is 0.928. The van der Waals surface area contributed by atoms with E-state index in [0.717, 1.165) is 6.42 Å². The van der Waals surface area contributed by atoms with Crippen molar-refractivity contribution in [3.05, 3.63) is 42.8 Å². The molecule has 0 bridgehead atoms. The fraction of sp³-hybridized carbons (Fsp3) is 0.200. The highest BCUT2D eigenvalue weighted by atomic mass is 16.1. The van der Waals surface area contributed by atoms with E-state index in [0.29, 0.717) is 6.42 Å². The zero-order valence-electron chi connectivity index (χ0n) is 6.42. The van der Waals surface area contributed by atoms with Gasteiger partial charge in [0.15, 0.2) is 0 Å². The van der Waals surface area contributed by atoms with Gasteiger partial charge in [0, 0.05) is 0 Å². The first kappa shape index (κ1) is 7.86. The molecule has 0 heterocycles. The van der Waals surface area contributed by atoms with Crippen LogP contribution in [-0.4, -0.2) is 5.78 Å². The van der Waals surface area contributed by atoms with Crippen LogP contribution in [0.1, 0.15) is 12.0 Å². The number of benzene rings is 1. The van der Waals surface area contributed by atoms with Gasteiger partial charge in [0.1, 0.15) is 6.92 Å². The molecule has 1 aromatic carbocycles. The van der Waals surface area contributed by atoms with Crippen LogP contribution in [0, 0.1) is 6.92 Å². The van der Waals surface area contributed by atoms with Crippen LogP contribution < -0.4 is 0 Å². The summed E-state index contributed by atoms with van der Waals surface area (Å²) < 4.78 is 0. The van der Waals surface area contributed by atoms with E-state index in [4.69, 9.17) is 0 Å². The Balaban J connectivity index is 2.45. The van der Waals surface area contributed by atoms with Crippen molar-refractivity contribution in [3.8, 4) is 0 Å². The van der Waals surface area contributed by atoms with Crippen molar-refractivity contribution in [1.29, 1.82) is 0 Å². The van der Waals surface area contributed by atoms with E-state index in [2.05, 4.69) is 6.92 Å². The maximum atomic E-state index is 10.5. The van der Waals surface area contributed by atoms with Gasteiger partial charge in [-0.25, -0.2) is 4.79 Å². The molecule has 0 amide bonds. The molecule has 0 aromatic heterocycles. The fourth-order valence-corrected chi connectivity index (χ4v) is 0.928. The predicted octanol–water partition coefficient (Wildman–Crippen LogP) is 2.02. The first-order valence-electron chi connectivity index (χ1n) is 3.68. The van der Waals surface area contributed by atoms with Crippen molar-refractivity contribution in [3.63, 3.8) is 0 Å². The first-order chi connectivity index (χ1) is 5.29. The molecule has 11 heavy (non-hydrogen) atoms. The van der Waals surface area contributed by atoms with E-state index in [1.165, 1.54) is 5.56 Å². The highest BCUT2D eigenvalue weighted by molar-refractivity contribution is 5.82. The van der Waals surface area contributed by atoms with Crippen LogP contribution in [0.25, 0.3) is 0 Å². The smallest absolute Gasteiger partial charge is 0.244 e. The van der Waals surface area contributed by atoms with Crippen molar-refractivity contribution in [2.45, 2.75) is 12.8 Å². The van der Waals surface area contributed by atoms with Crippen LogP contribution in [-0.2, 0) is 11.2 Å². The molecule has 0 atom stereocenters. The lowest BCUT2D eigenvalue weighted by atomic mass is 10.1. The zero-order chi connectivity index (χ0) is 8.10. The predicted molar refractivity (Wildman–Crippen MR) is 45.1 cm³/mol. The van der Waals surface area contributed by atoms with Crippen LogP contribution in [0.15, 0.2) is 30.3 Å². The van der Waals surface area contributed by atoms with Crippen LogP contribution in [0.5, 0.6) is 0 Å². The molecule has 0 N–H and O–H groups in total. The molecular formula is C10H11O+. The van der Waals surface area contributed by atoms with E-state index < -0.39 is 0 Å². The van der Waals surface area contributed by atoms with Crippen molar-refractivity contribution in [2.24, 2.45) is 0 Å². The largest absolute Gasteiger partial charge is 0.303 e. The Morgan fingerprint density at radius 1 is 1.27 bits per heavy atom. The van der Waals surface area contributed by atoms with Gasteiger partial charge in [-0.2, -0.15) is 0 Å². The lowest BCUT2D eigenvalue weighted by Crippen LogP contribution is -1.93. The minimum Gasteiger partial charge on any atom is -0.244 e. The number of rotatable bonds is 3. The van der Waals surface area contributed by atoms with Gasteiger partial charge in [0.05, 0.1) is 6.42 Å². The highest BCUT2D eigenvalue weighted by Gasteiger charge is 2.00. The maximum absolute atomic E-state index is 10.5. The van der Waals surface area contributed by atoms with Gasteiger partial charge >= 0.3 is 5.78 Å². The molecule has 0 saturated heterocycles. The Kier molecular flexibility index (Phi) is 2.73. The molecule has 0 saturated carbocycles. The highest BCUT2D eigenvalue weighted by Crippen LogP contribution is 2.01. The van der Waals surface area contributed by atoms with Crippen LogP contribution in [0.3, 0.4) is 0 Å². The van der Waals surface area contributed by atoms with Crippen LogP contribution >= 0.6 is 0 Å². The summed E-state index contributed by atoms with van der Waals surface area (Å²) in [6, 6.07) is 9.95. The van der Waals surface area contributed by atoms with Gasteiger partial charge in [-0.3, -0.25) is 0 Å². The standard InChI is InChI=1S/C10H11O/c1-9(11)7-8-10-5-3-2-4-6-10/h2-6H,1,7-8H2/q+1.